The molecule has 20 heavy (non-hydrogen) atoms. The predicted octanol–water partition coefficient (Wildman–Crippen LogP) is 3.04. The maximum atomic E-state index is 3.65. The normalized spacial score (nSPS) is 21.4. The van der Waals surface area contributed by atoms with Crippen LogP contribution in [-0.2, 0) is 0 Å². The molecule has 1 N–H and O–H groups in total. The van der Waals surface area contributed by atoms with Crippen LogP contribution < -0.4 is 10.2 Å². The maximum Gasteiger partial charge on any atom is 0.0386 e. The molecule has 2 saturated heterocycles. The second kappa shape index (κ2) is 6.49. The van der Waals surface area contributed by atoms with Gasteiger partial charge in [0.1, 0.15) is 0 Å². The first-order valence-electron chi connectivity index (χ1n) is 8.09. The largest absolute Gasteiger partial charge is 0.385 e. The highest BCUT2D eigenvalue weighted by Gasteiger charge is 2.16. The van der Waals surface area contributed by atoms with Crippen LogP contribution in [0.25, 0.3) is 0 Å². The van der Waals surface area contributed by atoms with Crippen LogP contribution in [0.15, 0.2) is 24.3 Å². The van der Waals surface area contributed by atoms with Crippen molar-refractivity contribution in [3.8, 4) is 0 Å². The SMILES string of the molecule is CN1CCC(CNc2cccc(N3CCCC3)c2)CC1. The van der Waals surface area contributed by atoms with Crippen LogP contribution >= 0.6 is 0 Å². The predicted molar refractivity (Wildman–Crippen MR) is 86.6 cm³/mol. The van der Waals surface area contributed by atoms with Gasteiger partial charge in [0.2, 0.25) is 0 Å². The van der Waals surface area contributed by atoms with Crippen LogP contribution in [-0.4, -0.2) is 44.7 Å². The van der Waals surface area contributed by atoms with Crippen molar-refractivity contribution in [3.05, 3.63) is 24.3 Å². The lowest BCUT2D eigenvalue weighted by molar-refractivity contribution is 0.226. The van der Waals surface area contributed by atoms with E-state index in [2.05, 4.69) is 46.4 Å². The maximum absolute atomic E-state index is 3.65. The molecule has 0 bridgehead atoms. The van der Waals surface area contributed by atoms with Crippen molar-refractivity contribution in [1.82, 2.24) is 4.90 Å². The van der Waals surface area contributed by atoms with Crippen molar-refractivity contribution in [2.45, 2.75) is 25.7 Å². The third-order valence-corrected chi connectivity index (χ3v) is 4.75. The molecule has 0 aromatic heterocycles. The molecule has 0 spiro atoms. The molecule has 110 valence electrons. The van der Waals surface area contributed by atoms with Gasteiger partial charge in [0.05, 0.1) is 0 Å². The minimum Gasteiger partial charge on any atom is -0.385 e. The number of piperidine rings is 1. The van der Waals surface area contributed by atoms with Crippen molar-refractivity contribution in [3.63, 3.8) is 0 Å². The third-order valence-electron chi connectivity index (χ3n) is 4.75. The number of likely N-dealkylation sites (tertiary alicyclic amines) is 1. The lowest BCUT2D eigenvalue weighted by atomic mass is 9.97. The van der Waals surface area contributed by atoms with Crippen LogP contribution in [0.2, 0.25) is 0 Å². The molecule has 0 atom stereocenters. The number of benzene rings is 1. The standard InChI is InChI=1S/C17H27N3/c1-19-11-7-15(8-12-19)14-18-16-5-4-6-17(13-16)20-9-2-3-10-20/h4-6,13,15,18H,2-3,7-12,14H2,1H3. The number of nitrogens with zero attached hydrogens (tertiary/aromatic N) is 2. The van der Waals surface area contributed by atoms with E-state index in [1.54, 1.807) is 0 Å². The fraction of sp³-hybridized carbons (Fsp3) is 0.647. The molecule has 0 radical (unpaired) electrons. The fourth-order valence-electron chi connectivity index (χ4n) is 3.32. The van der Waals surface area contributed by atoms with Gasteiger partial charge >= 0.3 is 0 Å². The van der Waals surface area contributed by atoms with E-state index in [0.717, 1.165) is 12.5 Å². The summed E-state index contributed by atoms with van der Waals surface area (Å²) in [6, 6.07) is 8.95. The van der Waals surface area contributed by atoms with E-state index in [0.29, 0.717) is 0 Å². The van der Waals surface area contributed by atoms with Crippen LogP contribution in [0.3, 0.4) is 0 Å². The molecule has 0 aliphatic carbocycles. The van der Waals surface area contributed by atoms with E-state index in [-0.39, 0.29) is 0 Å². The van der Waals surface area contributed by atoms with Crippen molar-refractivity contribution >= 4 is 11.4 Å². The Morgan fingerprint density at radius 3 is 2.60 bits per heavy atom. The van der Waals surface area contributed by atoms with Crippen molar-refractivity contribution in [1.29, 1.82) is 0 Å². The molecule has 2 heterocycles. The first-order chi connectivity index (χ1) is 9.81. The minimum atomic E-state index is 0.835. The lowest BCUT2D eigenvalue weighted by Gasteiger charge is -2.29. The van der Waals surface area contributed by atoms with Gasteiger partial charge in [-0.3, -0.25) is 0 Å². The lowest BCUT2D eigenvalue weighted by Crippen LogP contribution is -2.32. The molecule has 0 unspecified atom stereocenters. The summed E-state index contributed by atoms with van der Waals surface area (Å²) in [6.07, 6.45) is 5.34. The van der Waals surface area contributed by atoms with Gasteiger partial charge in [-0.05, 0) is 69.9 Å². The van der Waals surface area contributed by atoms with Gasteiger partial charge < -0.3 is 15.1 Å². The van der Waals surface area contributed by atoms with Gasteiger partial charge in [0.25, 0.3) is 0 Å². The average Bonchev–Trinajstić information content (AvgIpc) is 3.01. The summed E-state index contributed by atoms with van der Waals surface area (Å²) >= 11 is 0. The molecule has 0 amide bonds. The van der Waals surface area contributed by atoms with Gasteiger partial charge in [-0.2, -0.15) is 0 Å². The number of hydrogen-bond acceptors (Lipinski definition) is 3. The summed E-state index contributed by atoms with van der Waals surface area (Å²) in [4.78, 5) is 4.94. The Hall–Kier alpha value is -1.22. The van der Waals surface area contributed by atoms with E-state index in [1.165, 1.54) is 63.2 Å². The van der Waals surface area contributed by atoms with E-state index in [4.69, 9.17) is 0 Å². The average molecular weight is 273 g/mol. The molecule has 3 heteroatoms. The van der Waals surface area contributed by atoms with Gasteiger partial charge in [-0.25, -0.2) is 0 Å². The van der Waals surface area contributed by atoms with Crippen molar-refractivity contribution in [2.24, 2.45) is 5.92 Å². The van der Waals surface area contributed by atoms with E-state index < -0.39 is 0 Å². The number of nitrogens with one attached hydrogen (secondary N) is 1. The first-order valence-corrected chi connectivity index (χ1v) is 8.09. The highest BCUT2D eigenvalue weighted by atomic mass is 15.1. The van der Waals surface area contributed by atoms with E-state index in [1.807, 2.05) is 0 Å². The molecule has 0 saturated carbocycles. The first kappa shape index (κ1) is 13.7. The van der Waals surface area contributed by atoms with Crippen LogP contribution in [0, 0.1) is 5.92 Å². The Balaban J connectivity index is 1.53. The zero-order chi connectivity index (χ0) is 13.8. The molecule has 3 nitrogen and oxygen atoms in total. The highest BCUT2D eigenvalue weighted by molar-refractivity contribution is 5.58. The van der Waals surface area contributed by atoms with E-state index in [9.17, 15) is 0 Å². The fourth-order valence-corrected chi connectivity index (χ4v) is 3.32. The topological polar surface area (TPSA) is 18.5 Å². The molecular formula is C17H27N3. The smallest absolute Gasteiger partial charge is 0.0386 e. The van der Waals surface area contributed by atoms with Gasteiger partial charge in [-0.1, -0.05) is 6.07 Å². The summed E-state index contributed by atoms with van der Waals surface area (Å²) < 4.78 is 0. The Bertz CT molecular complexity index is 418. The Morgan fingerprint density at radius 1 is 1.10 bits per heavy atom. The second-order valence-electron chi connectivity index (χ2n) is 6.37. The quantitative estimate of drug-likeness (QED) is 0.909. The number of anilines is 2. The summed E-state index contributed by atoms with van der Waals surface area (Å²) in [6.45, 7) is 6.06. The third kappa shape index (κ3) is 3.45. The van der Waals surface area contributed by atoms with Crippen LogP contribution in [0.5, 0.6) is 0 Å². The van der Waals surface area contributed by atoms with Crippen LogP contribution in [0.1, 0.15) is 25.7 Å². The van der Waals surface area contributed by atoms with E-state index >= 15 is 0 Å². The minimum absolute atomic E-state index is 0.835. The van der Waals surface area contributed by atoms with Gasteiger partial charge in [-0.15, -0.1) is 0 Å². The molecule has 1 aromatic carbocycles. The Kier molecular flexibility index (Phi) is 4.46. The molecule has 2 aliphatic rings. The Morgan fingerprint density at radius 2 is 1.85 bits per heavy atom. The van der Waals surface area contributed by atoms with Crippen molar-refractivity contribution in [2.75, 3.05) is 50.0 Å². The molecule has 2 fully saturated rings. The number of hydrogen-bond donors (Lipinski definition) is 1. The summed E-state index contributed by atoms with van der Waals surface area (Å²) in [7, 11) is 2.23. The monoisotopic (exact) mass is 273 g/mol. The summed E-state index contributed by atoms with van der Waals surface area (Å²) in [5.74, 6) is 0.835. The van der Waals surface area contributed by atoms with Gasteiger partial charge in [0.15, 0.2) is 0 Å². The molecule has 1 aromatic rings. The van der Waals surface area contributed by atoms with Crippen molar-refractivity contribution < 1.29 is 0 Å². The molecule has 2 aliphatic heterocycles. The highest BCUT2D eigenvalue weighted by Crippen LogP contribution is 2.24. The zero-order valence-electron chi connectivity index (χ0n) is 12.6. The molecule has 3 rings (SSSR count). The zero-order valence-corrected chi connectivity index (χ0v) is 12.6. The Labute approximate surface area is 123 Å². The number of rotatable bonds is 4. The van der Waals surface area contributed by atoms with Gasteiger partial charge in [0, 0.05) is 31.0 Å². The molecular weight excluding hydrogens is 246 g/mol. The summed E-state index contributed by atoms with van der Waals surface area (Å²) in [5.41, 5.74) is 2.67. The summed E-state index contributed by atoms with van der Waals surface area (Å²) in [5, 5.41) is 3.65. The van der Waals surface area contributed by atoms with Crippen LogP contribution in [0.4, 0.5) is 11.4 Å². The second-order valence-corrected chi connectivity index (χ2v) is 6.37.